The molecule has 2 atom stereocenters. The first kappa shape index (κ1) is 21.2. The third-order valence-electron chi connectivity index (χ3n) is 5.94. The number of ketones is 1. The van der Waals surface area contributed by atoms with Crippen molar-refractivity contribution in [3.8, 4) is 5.75 Å². The summed E-state index contributed by atoms with van der Waals surface area (Å²) in [5.41, 5.74) is 0.218. The second kappa shape index (κ2) is 8.34. The Morgan fingerprint density at radius 2 is 1.91 bits per heavy atom. The van der Waals surface area contributed by atoms with Crippen LogP contribution in [0.3, 0.4) is 0 Å². The van der Waals surface area contributed by atoms with E-state index in [1.165, 1.54) is 18.3 Å². The van der Waals surface area contributed by atoms with Gasteiger partial charge in [-0.15, -0.1) is 0 Å². The molecule has 1 aromatic heterocycles. The molecule has 0 bridgehead atoms. The predicted molar refractivity (Wildman–Crippen MR) is 112 cm³/mol. The van der Waals surface area contributed by atoms with E-state index in [1.807, 2.05) is 0 Å². The maximum Gasteiger partial charge on any atom is 0.272 e. The van der Waals surface area contributed by atoms with E-state index in [4.69, 9.17) is 4.74 Å². The number of benzene rings is 2. The van der Waals surface area contributed by atoms with E-state index >= 15 is 0 Å². The highest BCUT2D eigenvalue weighted by molar-refractivity contribution is 6.16. The molecule has 33 heavy (non-hydrogen) atoms. The summed E-state index contributed by atoms with van der Waals surface area (Å²) in [6.07, 6.45) is 2.33. The predicted octanol–water partition coefficient (Wildman–Crippen LogP) is 3.48. The number of Topliss-reactive ketones (excluding diaryl/α,β-unsaturated/α-hetero) is 1. The zero-order valence-electron chi connectivity index (χ0n) is 17.4. The van der Waals surface area contributed by atoms with Crippen LogP contribution in [0.1, 0.15) is 29.6 Å². The lowest BCUT2D eigenvalue weighted by molar-refractivity contribution is -0.139. The summed E-state index contributed by atoms with van der Waals surface area (Å²) in [6.45, 7) is 0.739. The number of amides is 1. The van der Waals surface area contributed by atoms with Crippen molar-refractivity contribution >= 4 is 28.5 Å². The molecule has 0 saturated carbocycles. The van der Waals surface area contributed by atoms with Gasteiger partial charge < -0.3 is 15.0 Å². The minimum atomic E-state index is -1.41. The Morgan fingerprint density at radius 1 is 1.12 bits per heavy atom. The fourth-order valence-electron chi connectivity index (χ4n) is 4.29. The van der Waals surface area contributed by atoms with Gasteiger partial charge >= 0.3 is 0 Å². The maximum atomic E-state index is 14.1. The molecule has 1 fully saturated rings. The molecule has 5 rings (SSSR count). The molecule has 1 amide bonds. The summed E-state index contributed by atoms with van der Waals surface area (Å²) in [5, 5.41) is 3.08. The lowest BCUT2D eigenvalue weighted by Gasteiger charge is -2.36. The number of nitrogens with one attached hydrogen (secondary N) is 1. The summed E-state index contributed by atoms with van der Waals surface area (Å²) in [6, 6.07) is 5.73. The van der Waals surface area contributed by atoms with Crippen molar-refractivity contribution in [3.63, 3.8) is 0 Å². The van der Waals surface area contributed by atoms with Crippen LogP contribution < -0.4 is 10.1 Å². The molecular formula is C23H19F3N4O3. The summed E-state index contributed by atoms with van der Waals surface area (Å²) in [5.74, 6) is -3.51. The number of hydrogen-bond acceptors (Lipinski definition) is 6. The van der Waals surface area contributed by atoms with Crippen LogP contribution in [0.25, 0.3) is 11.0 Å². The molecule has 1 unspecified atom stereocenters. The molecule has 1 saturated heterocycles. The van der Waals surface area contributed by atoms with Gasteiger partial charge in [0.2, 0.25) is 11.9 Å². The third kappa shape index (κ3) is 3.85. The Hall–Kier alpha value is -3.69. The first-order valence-electron chi connectivity index (χ1n) is 10.6. The van der Waals surface area contributed by atoms with Gasteiger partial charge in [-0.2, -0.15) is 0 Å². The van der Waals surface area contributed by atoms with Crippen molar-refractivity contribution in [1.29, 1.82) is 0 Å². The molecule has 0 aliphatic carbocycles. The molecule has 2 aliphatic rings. The molecule has 170 valence electrons. The van der Waals surface area contributed by atoms with E-state index in [9.17, 15) is 22.8 Å². The molecule has 1 N–H and O–H groups in total. The number of nitrogens with zero attached hydrogens (tertiary/aromatic N) is 3. The number of fused-ring (bicyclic) bond motifs is 2. The number of ether oxygens (including phenoxy) is 1. The van der Waals surface area contributed by atoms with E-state index < -0.39 is 35.2 Å². The van der Waals surface area contributed by atoms with Gasteiger partial charge in [-0.3, -0.25) is 14.6 Å². The van der Waals surface area contributed by atoms with Crippen LogP contribution >= 0.6 is 0 Å². The zero-order chi connectivity index (χ0) is 23.1. The van der Waals surface area contributed by atoms with Crippen molar-refractivity contribution in [1.82, 2.24) is 14.9 Å². The number of halogens is 3. The Labute approximate surface area is 186 Å². The number of carbonyl (C=O) groups is 2. The van der Waals surface area contributed by atoms with Crippen molar-refractivity contribution in [2.24, 2.45) is 0 Å². The minimum absolute atomic E-state index is 0.0696. The van der Waals surface area contributed by atoms with Crippen LogP contribution in [0.5, 0.6) is 5.75 Å². The fraction of sp³-hybridized carbons (Fsp3) is 0.304. The summed E-state index contributed by atoms with van der Waals surface area (Å²) >= 11 is 0. The molecular weight excluding hydrogens is 437 g/mol. The first-order valence-corrected chi connectivity index (χ1v) is 10.6. The second-order valence-corrected chi connectivity index (χ2v) is 8.05. The van der Waals surface area contributed by atoms with Crippen LogP contribution in [-0.4, -0.2) is 51.8 Å². The van der Waals surface area contributed by atoms with Crippen LogP contribution in [0.15, 0.2) is 36.5 Å². The average Bonchev–Trinajstić information content (AvgIpc) is 3.16. The molecule has 7 nitrogen and oxygen atoms in total. The lowest BCUT2D eigenvalue weighted by Crippen LogP contribution is -2.53. The highest BCUT2D eigenvalue weighted by atomic mass is 19.2. The van der Waals surface area contributed by atoms with Crippen molar-refractivity contribution in [2.45, 2.75) is 31.4 Å². The first-order chi connectivity index (χ1) is 15.9. The smallest absolute Gasteiger partial charge is 0.272 e. The van der Waals surface area contributed by atoms with Crippen molar-refractivity contribution in [2.75, 3.05) is 18.4 Å². The largest absolute Gasteiger partial charge is 0.471 e. The molecule has 0 spiro atoms. The Kier molecular flexibility index (Phi) is 5.35. The Morgan fingerprint density at radius 3 is 2.70 bits per heavy atom. The normalized spacial score (nSPS) is 20.0. The van der Waals surface area contributed by atoms with Crippen LogP contribution in [0.4, 0.5) is 19.0 Å². The van der Waals surface area contributed by atoms with Crippen LogP contribution in [-0.2, 0) is 4.79 Å². The van der Waals surface area contributed by atoms with Gasteiger partial charge in [0.1, 0.15) is 17.4 Å². The van der Waals surface area contributed by atoms with Gasteiger partial charge in [0.25, 0.3) is 5.91 Å². The number of likely N-dealkylation sites (tertiary alicyclic amines) is 1. The number of rotatable bonds is 4. The number of aromatic nitrogens is 2. The van der Waals surface area contributed by atoms with Crippen molar-refractivity contribution in [3.05, 3.63) is 59.5 Å². The third-order valence-corrected chi connectivity index (χ3v) is 5.94. The minimum Gasteiger partial charge on any atom is -0.471 e. The molecule has 0 radical (unpaired) electrons. The monoisotopic (exact) mass is 456 g/mol. The summed E-state index contributed by atoms with van der Waals surface area (Å²) < 4.78 is 46.5. The molecule has 10 heteroatoms. The second-order valence-electron chi connectivity index (χ2n) is 8.05. The van der Waals surface area contributed by atoms with Crippen LogP contribution in [0.2, 0.25) is 0 Å². The standard InChI is InChI=1S/C23H19F3N4O3/c24-13-5-3-6-18-20(13)21(31)22(33-18)23(32)30-7-2-1-4-12(30)10-28-19-11-27-16-8-14(25)15(26)9-17(16)29-19/h3,5-6,8-9,11-12,22H,1-2,4,7,10H2,(H,28,29)/t12-,22?/m0/s1. The zero-order valence-corrected chi connectivity index (χ0v) is 17.4. The SMILES string of the molecule is O=C1c2c(F)cccc2OC1C(=O)N1CCCC[C@H]1CNc1cnc2cc(F)c(F)cc2n1. The van der Waals surface area contributed by atoms with Gasteiger partial charge in [0, 0.05) is 31.3 Å². The maximum absolute atomic E-state index is 14.1. The number of piperidine rings is 1. The average molecular weight is 456 g/mol. The number of carbonyl (C=O) groups excluding carboxylic acids is 2. The van der Waals surface area contributed by atoms with E-state index in [-0.39, 0.29) is 28.4 Å². The van der Waals surface area contributed by atoms with Gasteiger partial charge in [-0.25, -0.2) is 18.2 Å². The highest BCUT2D eigenvalue weighted by Crippen LogP contribution is 2.32. The highest BCUT2D eigenvalue weighted by Gasteiger charge is 2.43. The summed E-state index contributed by atoms with van der Waals surface area (Å²) in [4.78, 5) is 35.8. The molecule has 3 aromatic rings. The molecule has 3 heterocycles. The number of anilines is 1. The van der Waals surface area contributed by atoms with Crippen molar-refractivity contribution < 1.29 is 27.5 Å². The van der Waals surface area contributed by atoms with E-state index in [2.05, 4.69) is 15.3 Å². The lowest BCUT2D eigenvalue weighted by atomic mass is 9.99. The topological polar surface area (TPSA) is 84.4 Å². The molecule has 2 aliphatic heterocycles. The van der Waals surface area contributed by atoms with E-state index in [1.54, 1.807) is 4.90 Å². The van der Waals surface area contributed by atoms with E-state index in [0.717, 1.165) is 31.0 Å². The van der Waals surface area contributed by atoms with Crippen LogP contribution in [0, 0.1) is 17.5 Å². The summed E-state index contributed by atoms with van der Waals surface area (Å²) in [7, 11) is 0. The Balaban J connectivity index is 1.31. The Bertz CT molecular complexity index is 1270. The van der Waals surface area contributed by atoms with Gasteiger partial charge in [0.05, 0.1) is 22.8 Å². The quantitative estimate of drug-likeness (QED) is 0.606. The van der Waals surface area contributed by atoms with E-state index in [0.29, 0.717) is 25.3 Å². The van der Waals surface area contributed by atoms with Gasteiger partial charge in [0.15, 0.2) is 11.6 Å². The molecule has 2 aromatic carbocycles. The van der Waals surface area contributed by atoms with Gasteiger partial charge in [-0.1, -0.05) is 6.07 Å². The van der Waals surface area contributed by atoms with Gasteiger partial charge in [-0.05, 0) is 31.4 Å². The fourth-order valence-corrected chi connectivity index (χ4v) is 4.29. The number of hydrogen-bond donors (Lipinski definition) is 1.